The fourth-order valence-electron chi connectivity index (χ4n) is 2.88. The summed E-state index contributed by atoms with van der Waals surface area (Å²) in [5.74, 6) is 0.361. The monoisotopic (exact) mass is 274 g/mol. The largest absolute Gasteiger partial charge is 0.326 e. The molecule has 3 nitrogen and oxygen atoms in total. The van der Waals surface area contributed by atoms with Gasteiger partial charge in [0, 0.05) is 18.2 Å². The van der Waals surface area contributed by atoms with E-state index in [0.29, 0.717) is 6.54 Å². The molecule has 0 radical (unpaired) electrons. The van der Waals surface area contributed by atoms with Crippen LogP contribution in [0.4, 0.5) is 5.69 Å². The Morgan fingerprint density at radius 1 is 1.20 bits per heavy atom. The fraction of sp³-hybridized carbons (Fsp3) is 0.588. The average Bonchev–Trinajstić information content (AvgIpc) is 2.40. The molecule has 110 valence electrons. The second-order valence-electron chi connectivity index (χ2n) is 5.88. The first-order valence-corrected chi connectivity index (χ1v) is 7.81. The molecular weight excluding hydrogens is 248 g/mol. The molecule has 0 aliphatic heterocycles. The van der Waals surface area contributed by atoms with Gasteiger partial charge in [-0.15, -0.1) is 0 Å². The Morgan fingerprint density at radius 3 is 2.50 bits per heavy atom. The molecule has 1 aliphatic rings. The van der Waals surface area contributed by atoms with Crippen molar-refractivity contribution in [3.05, 3.63) is 29.3 Å². The van der Waals surface area contributed by atoms with Crippen LogP contribution in [0.5, 0.6) is 0 Å². The maximum absolute atomic E-state index is 12.4. The van der Waals surface area contributed by atoms with Crippen LogP contribution in [0.25, 0.3) is 0 Å². The Bertz CT molecular complexity index is 448. The highest BCUT2D eigenvalue weighted by Gasteiger charge is 2.19. The van der Waals surface area contributed by atoms with E-state index in [1.165, 1.54) is 32.1 Å². The van der Waals surface area contributed by atoms with Crippen molar-refractivity contribution in [2.24, 2.45) is 11.7 Å². The number of nitrogens with two attached hydrogens (primary N) is 1. The van der Waals surface area contributed by atoms with E-state index in [0.717, 1.165) is 29.7 Å². The van der Waals surface area contributed by atoms with Crippen LogP contribution in [0, 0.1) is 12.8 Å². The Balaban J connectivity index is 2.02. The van der Waals surface area contributed by atoms with Gasteiger partial charge in [-0.1, -0.05) is 44.2 Å². The third-order valence-electron chi connectivity index (χ3n) is 4.27. The lowest BCUT2D eigenvalue weighted by atomic mass is 9.90. The van der Waals surface area contributed by atoms with Gasteiger partial charge in [0.05, 0.1) is 0 Å². The maximum Gasteiger partial charge on any atom is 0.227 e. The quantitative estimate of drug-likeness (QED) is 0.882. The van der Waals surface area contributed by atoms with E-state index in [-0.39, 0.29) is 11.8 Å². The van der Waals surface area contributed by atoms with Crippen molar-refractivity contribution in [2.75, 3.05) is 5.32 Å². The Labute approximate surface area is 121 Å². The van der Waals surface area contributed by atoms with Crippen LogP contribution in [0.2, 0.25) is 0 Å². The molecule has 0 spiro atoms. The predicted molar refractivity (Wildman–Crippen MR) is 83.5 cm³/mol. The number of anilines is 1. The molecule has 2 rings (SSSR count). The highest BCUT2D eigenvalue weighted by Crippen LogP contribution is 2.25. The molecule has 1 amide bonds. The molecule has 1 saturated carbocycles. The number of rotatable bonds is 3. The number of amides is 1. The third-order valence-corrected chi connectivity index (χ3v) is 4.27. The zero-order valence-electron chi connectivity index (χ0n) is 12.5. The zero-order chi connectivity index (χ0) is 14.4. The topological polar surface area (TPSA) is 55.1 Å². The number of hydrogen-bond donors (Lipinski definition) is 2. The average molecular weight is 274 g/mol. The summed E-state index contributed by atoms with van der Waals surface area (Å²) in [6, 6.07) is 6.03. The van der Waals surface area contributed by atoms with E-state index < -0.39 is 0 Å². The SMILES string of the molecule is Cc1ccc(CN)cc1NC(=O)C1CCCCCCC1. The van der Waals surface area contributed by atoms with Crippen molar-refractivity contribution in [2.45, 2.75) is 58.4 Å². The lowest BCUT2D eigenvalue weighted by Crippen LogP contribution is -2.24. The number of hydrogen-bond acceptors (Lipinski definition) is 2. The summed E-state index contributed by atoms with van der Waals surface area (Å²) in [6.07, 6.45) is 8.28. The number of carbonyl (C=O) groups is 1. The predicted octanol–water partition coefficient (Wildman–Crippen LogP) is 3.75. The lowest BCUT2D eigenvalue weighted by Gasteiger charge is -2.20. The lowest BCUT2D eigenvalue weighted by molar-refractivity contribution is -0.120. The minimum atomic E-state index is 0.177. The summed E-state index contributed by atoms with van der Waals surface area (Å²) in [4.78, 5) is 12.4. The summed E-state index contributed by atoms with van der Waals surface area (Å²) in [5, 5.41) is 3.11. The van der Waals surface area contributed by atoms with Gasteiger partial charge in [-0.25, -0.2) is 0 Å². The first-order valence-electron chi connectivity index (χ1n) is 7.81. The van der Waals surface area contributed by atoms with Gasteiger partial charge in [-0.2, -0.15) is 0 Å². The zero-order valence-corrected chi connectivity index (χ0v) is 12.5. The Morgan fingerprint density at radius 2 is 1.85 bits per heavy atom. The van der Waals surface area contributed by atoms with E-state index in [4.69, 9.17) is 5.73 Å². The van der Waals surface area contributed by atoms with Gasteiger partial charge in [-0.05, 0) is 37.0 Å². The molecular formula is C17H26N2O. The molecule has 3 N–H and O–H groups in total. The van der Waals surface area contributed by atoms with Gasteiger partial charge in [0.2, 0.25) is 5.91 Å². The van der Waals surface area contributed by atoms with E-state index in [1.807, 2.05) is 25.1 Å². The van der Waals surface area contributed by atoms with Crippen molar-refractivity contribution in [1.29, 1.82) is 0 Å². The minimum absolute atomic E-state index is 0.177. The fourth-order valence-corrected chi connectivity index (χ4v) is 2.88. The molecule has 0 aromatic heterocycles. The van der Waals surface area contributed by atoms with Crippen molar-refractivity contribution < 1.29 is 4.79 Å². The molecule has 1 fully saturated rings. The molecule has 20 heavy (non-hydrogen) atoms. The van der Waals surface area contributed by atoms with Crippen LogP contribution in [0.15, 0.2) is 18.2 Å². The summed E-state index contributed by atoms with van der Waals surface area (Å²) in [6.45, 7) is 2.53. The van der Waals surface area contributed by atoms with Crippen molar-refractivity contribution in [1.82, 2.24) is 0 Å². The standard InChI is InChI=1S/C17H26N2O/c1-13-9-10-14(12-18)11-16(13)19-17(20)15-7-5-3-2-4-6-8-15/h9-11,15H,2-8,12,18H2,1H3,(H,19,20). The van der Waals surface area contributed by atoms with Gasteiger partial charge in [-0.3, -0.25) is 4.79 Å². The molecule has 0 bridgehead atoms. The van der Waals surface area contributed by atoms with Gasteiger partial charge in [0.25, 0.3) is 0 Å². The third kappa shape index (κ3) is 4.07. The van der Waals surface area contributed by atoms with Gasteiger partial charge in [0.1, 0.15) is 0 Å². The molecule has 0 atom stereocenters. The summed E-state index contributed by atoms with van der Waals surface area (Å²) in [5.41, 5.74) is 8.74. The highest BCUT2D eigenvalue weighted by molar-refractivity contribution is 5.93. The Kier molecular flexibility index (Phi) is 5.60. The maximum atomic E-state index is 12.4. The molecule has 1 aliphatic carbocycles. The molecule has 0 heterocycles. The first kappa shape index (κ1) is 15.0. The summed E-state index contributed by atoms with van der Waals surface area (Å²) < 4.78 is 0. The van der Waals surface area contributed by atoms with Crippen molar-refractivity contribution >= 4 is 11.6 Å². The Hall–Kier alpha value is -1.35. The van der Waals surface area contributed by atoms with Gasteiger partial charge < -0.3 is 11.1 Å². The van der Waals surface area contributed by atoms with Crippen LogP contribution in [-0.4, -0.2) is 5.91 Å². The number of carbonyl (C=O) groups excluding carboxylic acids is 1. The van der Waals surface area contributed by atoms with Crippen molar-refractivity contribution in [3.63, 3.8) is 0 Å². The van der Waals surface area contributed by atoms with Crippen molar-refractivity contribution in [3.8, 4) is 0 Å². The number of benzene rings is 1. The summed E-state index contributed by atoms with van der Waals surface area (Å²) in [7, 11) is 0. The normalized spacial score (nSPS) is 17.3. The van der Waals surface area contributed by atoms with Crippen LogP contribution < -0.4 is 11.1 Å². The van der Waals surface area contributed by atoms with E-state index in [9.17, 15) is 4.79 Å². The minimum Gasteiger partial charge on any atom is -0.326 e. The number of aryl methyl sites for hydroxylation is 1. The van der Waals surface area contributed by atoms with Crippen LogP contribution in [-0.2, 0) is 11.3 Å². The van der Waals surface area contributed by atoms with E-state index in [2.05, 4.69) is 5.32 Å². The highest BCUT2D eigenvalue weighted by atomic mass is 16.1. The van der Waals surface area contributed by atoms with Crippen LogP contribution in [0.3, 0.4) is 0 Å². The van der Waals surface area contributed by atoms with Gasteiger partial charge in [0.15, 0.2) is 0 Å². The molecule has 0 unspecified atom stereocenters. The number of nitrogens with one attached hydrogen (secondary N) is 1. The molecule has 1 aromatic carbocycles. The first-order chi connectivity index (χ1) is 9.70. The molecule has 0 saturated heterocycles. The second-order valence-corrected chi connectivity index (χ2v) is 5.88. The molecule has 1 aromatic rings. The van der Waals surface area contributed by atoms with E-state index >= 15 is 0 Å². The van der Waals surface area contributed by atoms with E-state index in [1.54, 1.807) is 0 Å². The van der Waals surface area contributed by atoms with Crippen LogP contribution >= 0.6 is 0 Å². The van der Waals surface area contributed by atoms with Gasteiger partial charge >= 0.3 is 0 Å². The smallest absolute Gasteiger partial charge is 0.227 e. The van der Waals surface area contributed by atoms with Crippen LogP contribution in [0.1, 0.15) is 56.1 Å². The summed E-state index contributed by atoms with van der Waals surface area (Å²) >= 11 is 0. The molecule has 3 heteroatoms. The second kappa shape index (κ2) is 7.44.